The van der Waals surface area contributed by atoms with E-state index >= 15 is 0 Å². The van der Waals surface area contributed by atoms with Crippen LogP contribution in [0.2, 0.25) is 10.0 Å². The molecule has 0 aliphatic carbocycles. The van der Waals surface area contributed by atoms with E-state index in [0.29, 0.717) is 40.6 Å². The van der Waals surface area contributed by atoms with Gasteiger partial charge in [-0.05, 0) is 30.2 Å². The van der Waals surface area contributed by atoms with Gasteiger partial charge in [0.05, 0.1) is 5.75 Å². The second-order valence-electron chi connectivity index (χ2n) is 4.37. The van der Waals surface area contributed by atoms with Gasteiger partial charge in [0.2, 0.25) is 5.91 Å². The Morgan fingerprint density at radius 3 is 2.75 bits per heavy atom. The van der Waals surface area contributed by atoms with E-state index in [1.165, 1.54) is 11.8 Å². The number of carbonyl (C=O) groups excluding carboxylic acids is 1. The minimum Gasteiger partial charge on any atom is -0.355 e. The molecule has 0 saturated heterocycles. The summed E-state index contributed by atoms with van der Waals surface area (Å²) in [6.07, 6.45) is 0. The number of amides is 1. The monoisotopic (exact) mass is 356 g/mol. The Labute approximate surface area is 140 Å². The third-order valence-corrected chi connectivity index (χ3v) is 4.12. The number of nitrogens with one attached hydrogen (secondary N) is 1. The van der Waals surface area contributed by atoms with Crippen molar-refractivity contribution in [3.05, 3.63) is 33.8 Å². The molecule has 1 rings (SSSR count). The molecule has 0 aliphatic heterocycles. The van der Waals surface area contributed by atoms with Crippen molar-refractivity contribution in [1.29, 1.82) is 0 Å². The summed E-state index contributed by atoms with van der Waals surface area (Å²) >= 11 is 13.4. The quantitative estimate of drug-likeness (QED) is 0.786. The third-order valence-electron chi connectivity index (χ3n) is 2.56. The molecule has 0 radical (unpaired) electrons. The van der Waals surface area contributed by atoms with Crippen LogP contribution in [-0.2, 0) is 10.5 Å². The topological polar surface area (TPSA) is 55.1 Å². The average molecular weight is 358 g/mol. The summed E-state index contributed by atoms with van der Waals surface area (Å²) in [6.45, 7) is 3.20. The second kappa shape index (κ2) is 10.6. The Morgan fingerprint density at radius 1 is 1.45 bits per heavy atom. The number of hydrogen-bond acceptors (Lipinski definition) is 3. The maximum atomic E-state index is 11.6. The van der Waals surface area contributed by atoms with Crippen LogP contribution >= 0.6 is 47.4 Å². The Hall–Kier alpha value is -0.130. The van der Waals surface area contributed by atoms with E-state index in [0.717, 1.165) is 5.56 Å². The van der Waals surface area contributed by atoms with Crippen molar-refractivity contribution in [2.75, 3.05) is 18.8 Å². The lowest BCUT2D eigenvalue weighted by Gasteiger charge is -2.10. The fraction of sp³-hybridized carbons (Fsp3) is 0.462. The minimum absolute atomic E-state index is 0. The Bertz CT molecular complexity index is 432. The van der Waals surface area contributed by atoms with Crippen molar-refractivity contribution in [3.63, 3.8) is 0 Å². The maximum absolute atomic E-state index is 11.6. The van der Waals surface area contributed by atoms with E-state index in [9.17, 15) is 4.79 Å². The highest BCUT2D eigenvalue weighted by molar-refractivity contribution is 7.99. The number of benzene rings is 1. The Kier molecular flexibility index (Phi) is 10.5. The molecule has 7 heteroatoms. The molecule has 0 heterocycles. The molecule has 114 valence electrons. The van der Waals surface area contributed by atoms with Crippen LogP contribution in [0, 0.1) is 5.92 Å². The fourth-order valence-electron chi connectivity index (χ4n) is 1.31. The first-order valence-corrected chi connectivity index (χ1v) is 7.92. The van der Waals surface area contributed by atoms with E-state index in [1.807, 2.05) is 13.0 Å². The van der Waals surface area contributed by atoms with Gasteiger partial charge in [-0.15, -0.1) is 24.2 Å². The van der Waals surface area contributed by atoms with Gasteiger partial charge >= 0.3 is 0 Å². The zero-order valence-electron chi connectivity index (χ0n) is 11.2. The van der Waals surface area contributed by atoms with Gasteiger partial charge in [0.15, 0.2) is 0 Å². The smallest absolute Gasteiger partial charge is 0.230 e. The summed E-state index contributed by atoms with van der Waals surface area (Å²) in [4.78, 5) is 11.6. The number of rotatable bonds is 7. The van der Waals surface area contributed by atoms with Crippen LogP contribution in [0.25, 0.3) is 0 Å². The van der Waals surface area contributed by atoms with Crippen LogP contribution in [0.4, 0.5) is 0 Å². The van der Waals surface area contributed by atoms with Gasteiger partial charge in [0, 0.05) is 22.3 Å². The van der Waals surface area contributed by atoms with Crippen LogP contribution in [0.15, 0.2) is 18.2 Å². The van der Waals surface area contributed by atoms with E-state index < -0.39 is 0 Å². The summed E-state index contributed by atoms with van der Waals surface area (Å²) in [5.74, 6) is 1.43. The molecule has 3 nitrogen and oxygen atoms in total. The lowest BCUT2D eigenvalue weighted by Crippen LogP contribution is -2.32. The Morgan fingerprint density at radius 2 is 2.15 bits per heavy atom. The summed E-state index contributed by atoms with van der Waals surface area (Å²) in [7, 11) is 0. The molecule has 0 fully saturated rings. The molecule has 0 spiro atoms. The highest BCUT2D eigenvalue weighted by Gasteiger charge is 2.06. The molecule has 1 amide bonds. The number of thioether (sulfide) groups is 1. The zero-order chi connectivity index (χ0) is 14.3. The molecule has 0 saturated carbocycles. The van der Waals surface area contributed by atoms with Gasteiger partial charge in [0.25, 0.3) is 0 Å². The first-order valence-electron chi connectivity index (χ1n) is 6.01. The predicted molar refractivity (Wildman–Crippen MR) is 91.1 cm³/mol. The first-order chi connectivity index (χ1) is 9.02. The van der Waals surface area contributed by atoms with Crippen molar-refractivity contribution in [1.82, 2.24) is 5.32 Å². The summed E-state index contributed by atoms with van der Waals surface area (Å²) in [5, 5.41) is 4.10. The highest BCUT2D eigenvalue weighted by atomic mass is 35.5. The largest absolute Gasteiger partial charge is 0.355 e. The molecular weight excluding hydrogens is 339 g/mol. The SMILES string of the molecule is CC(CN)CNC(=O)CSCc1ccc(Cl)cc1Cl.Cl. The molecule has 0 bridgehead atoms. The third kappa shape index (κ3) is 7.60. The second-order valence-corrected chi connectivity index (χ2v) is 6.20. The van der Waals surface area contributed by atoms with Gasteiger partial charge in [-0.3, -0.25) is 4.79 Å². The summed E-state index contributed by atoms with van der Waals surface area (Å²) in [5.41, 5.74) is 6.47. The molecule has 20 heavy (non-hydrogen) atoms. The molecule has 1 unspecified atom stereocenters. The van der Waals surface area contributed by atoms with Crippen molar-refractivity contribution in [2.24, 2.45) is 11.7 Å². The molecule has 0 aliphatic rings. The van der Waals surface area contributed by atoms with Gasteiger partial charge in [0.1, 0.15) is 0 Å². The molecule has 3 N–H and O–H groups in total. The van der Waals surface area contributed by atoms with Crippen molar-refractivity contribution in [2.45, 2.75) is 12.7 Å². The van der Waals surface area contributed by atoms with E-state index in [-0.39, 0.29) is 18.3 Å². The van der Waals surface area contributed by atoms with Gasteiger partial charge in [-0.2, -0.15) is 0 Å². The number of hydrogen-bond donors (Lipinski definition) is 2. The number of carbonyl (C=O) groups is 1. The van der Waals surface area contributed by atoms with Crippen molar-refractivity contribution >= 4 is 53.3 Å². The van der Waals surface area contributed by atoms with Crippen LogP contribution in [0.5, 0.6) is 0 Å². The van der Waals surface area contributed by atoms with Crippen LogP contribution in [-0.4, -0.2) is 24.7 Å². The predicted octanol–water partition coefficient (Wildman–Crippen LogP) is 3.36. The van der Waals surface area contributed by atoms with Gasteiger partial charge < -0.3 is 11.1 Å². The lowest BCUT2D eigenvalue weighted by atomic mass is 10.2. The number of nitrogens with two attached hydrogens (primary N) is 1. The maximum Gasteiger partial charge on any atom is 0.230 e. The zero-order valence-corrected chi connectivity index (χ0v) is 14.3. The summed E-state index contributed by atoms with van der Waals surface area (Å²) in [6, 6.07) is 5.39. The van der Waals surface area contributed by atoms with Gasteiger partial charge in [-0.25, -0.2) is 0 Å². The normalized spacial score (nSPS) is 11.6. The molecule has 1 aromatic carbocycles. The minimum atomic E-state index is 0. The van der Waals surface area contributed by atoms with Crippen molar-refractivity contribution < 1.29 is 4.79 Å². The van der Waals surface area contributed by atoms with Gasteiger partial charge in [-0.1, -0.05) is 36.2 Å². The first kappa shape index (κ1) is 19.9. The van der Waals surface area contributed by atoms with Crippen molar-refractivity contribution in [3.8, 4) is 0 Å². The van der Waals surface area contributed by atoms with E-state index in [2.05, 4.69) is 5.32 Å². The van der Waals surface area contributed by atoms with Crippen LogP contribution in [0.1, 0.15) is 12.5 Å². The summed E-state index contributed by atoms with van der Waals surface area (Å²) < 4.78 is 0. The molecule has 1 atom stereocenters. The average Bonchev–Trinajstić information content (AvgIpc) is 2.38. The highest BCUT2D eigenvalue weighted by Crippen LogP contribution is 2.24. The number of halogens is 3. The fourth-order valence-corrected chi connectivity index (χ4v) is 2.73. The van der Waals surface area contributed by atoms with E-state index in [1.54, 1.807) is 12.1 Å². The molecule has 0 aromatic heterocycles. The van der Waals surface area contributed by atoms with Crippen LogP contribution in [0.3, 0.4) is 0 Å². The van der Waals surface area contributed by atoms with Crippen LogP contribution < -0.4 is 11.1 Å². The molecular formula is C13H19Cl3N2OS. The molecule has 1 aromatic rings. The van der Waals surface area contributed by atoms with E-state index in [4.69, 9.17) is 28.9 Å². The lowest BCUT2D eigenvalue weighted by molar-refractivity contribution is -0.118. The standard InChI is InChI=1S/C13H18Cl2N2OS.ClH/c1-9(5-16)6-17-13(18)8-19-7-10-2-3-11(14)4-12(10)15;/h2-4,9H,5-8,16H2,1H3,(H,17,18);1H. The Balaban J connectivity index is 0.00000361.